The van der Waals surface area contributed by atoms with Gasteiger partial charge in [0, 0.05) is 26.4 Å². The van der Waals surface area contributed by atoms with E-state index in [1.165, 1.54) is 21.7 Å². The third-order valence-electron chi connectivity index (χ3n) is 6.56. The third-order valence-corrected chi connectivity index (χ3v) is 6.56. The monoisotopic (exact) mass is 478 g/mol. The fourth-order valence-corrected chi connectivity index (χ4v) is 4.18. The zero-order chi connectivity index (χ0) is 24.7. The van der Waals surface area contributed by atoms with Crippen molar-refractivity contribution in [3.05, 3.63) is 58.6 Å². The van der Waals surface area contributed by atoms with Gasteiger partial charge in [-0.1, -0.05) is 0 Å². The summed E-state index contributed by atoms with van der Waals surface area (Å²) in [6, 6.07) is 4.96. The highest BCUT2D eigenvalue weighted by Crippen LogP contribution is 2.35. The van der Waals surface area contributed by atoms with E-state index >= 15 is 0 Å². The lowest BCUT2D eigenvalue weighted by Gasteiger charge is -2.45. The van der Waals surface area contributed by atoms with Crippen molar-refractivity contribution in [2.45, 2.75) is 38.3 Å². The summed E-state index contributed by atoms with van der Waals surface area (Å²) in [4.78, 5) is 34.8. The van der Waals surface area contributed by atoms with Gasteiger partial charge in [0.1, 0.15) is 28.6 Å². The van der Waals surface area contributed by atoms with Crippen molar-refractivity contribution in [1.29, 1.82) is 0 Å². The summed E-state index contributed by atoms with van der Waals surface area (Å²) in [5.41, 5.74) is 0.806. The summed E-state index contributed by atoms with van der Waals surface area (Å²) in [7, 11) is 3.38. The SMILES string of the molecule is CNc1cc(Nc2cccn(-c3ocnc3C)c2=O)nc2c(C(=O)N[C@H]3CC[C@]3(C)OC)cnn12. The maximum Gasteiger partial charge on any atom is 0.281 e. The number of oxazole rings is 1. The molecule has 3 N–H and O–H groups in total. The molecule has 1 amide bonds. The van der Waals surface area contributed by atoms with E-state index < -0.39 is 0 Å². The lowest BCUT2D eigenvalue weighted by atomic mass is 9.76. The van der Waals surface area contributed by atoms with Crippen molar-refractivity contribution in [3.63, 3.8) is 0 Å². The number of ether oxygens (including phenoxy) is 1. The van der Waals surface area contributed by atoms with Gasteiger partial charge in [-0.2, -0.15) is 9.61 Å². The minimum absolute atomic E-state index is 0.0950. The topological polar surface area (TPSA) is 141 Å². The highest BCUT2D eigenvalue weighted by atomic mass is 16.5. The molecule has 4 aromatic heterocycles. The van der Waals surface area contributed by atoms with Crippen molar-refractivity contribution in [2.24, 2.45) is 0 Å². The number of aromatic nitrogens is 5. The number of anilines is 3. The molecule has 4 heterocycles. The Morgan fingerprint density at radius 3 is 2.86 bits per heavy atom. The number of methoxy groups -OCH3 is 1. The van der Waals surface area contributed by atoms with Gasteiger partial charge in [0.25, 0.3) is 11.5 Å². The van der Waals surface area contributed by atoms with E-state index in [1.54, 1.807) is 45.5 Å². The number of hydrogen-bond acceptors (Lipinski definition) is 9. The number of amides is 1. The number of fused-ring (bicyclic) bond motifs is 1. The number of hydrogen-bond donors (Lipinski definition) is 3. The molecule has 0 spiro atoms. The van der Waals surface area contributed by atoms with Gasteiger partial charge in [0.05, 0.1) is 17.8 Å². The molecule has 0 radical (unpaired) electrons. The van der Waals surface area contributed by atoms with Crippen LogP contribution in [0.5, 0.6) is 0 Å². The summed E-state index contributed by atoms with van der Waals surface area (Å²) in [5.74, 6) is 1.00. The summed E-state index contributed by atoms with van der Waals surface area (Å²) in [6.45, 7) is 3.73. The highest BCUT2D eigenvalue weighted by molar-refractivity contribution is 6.00. The largest absolute Gasteiger partial charge is 0.427 e. The van der Waals surface area contributed by atoms with E-state index in [2.05, 4.69) is 31.0 Å². The van der Waals surface area contributed by atoms with Gasteiger partial charge in [0.2, 0.25) is 5.88 Å². The number of carbonyl (C=O) groups excluding carboxylic acids is 1. The fraction of sp³-hybridized carbons (Fsp3) is 0.348. The zero-order valence-electron chi connectivity index (χ0n) is 19.8. The Labute approximate surface area is 200 Å². The van der Waals surface area contributed by atoms with Crippen LogP contribution in [-0.4, -0.2) is 55.9 Å². The molecule has 2 atom stereocenters. The van der Waals surface area contributed by atoms with E-state index in [1.807, 2.05) is 6.92 Å². The second kappa shape index (κ2) is 8.55. The van der Waals surface area contributed by atoms with E-state index in [0.717, 1.165) is 12.8 Å². The first-order valence-electron chi connectivity index (χ1n) is 11.2. The van der Waals surface area contributed by atoms with Gasteiger partial charge in [-0.15, -0.1) is 0 Å². The molecule has 4 aromatic rings. The number of nitrogens with zero attached hydrogens (tertiary/aromatic N) is 5. The molecule has 182 valence electrons. The number of carbonyl (C=O) groups is 1. The van der Waals surface area contributed by atoms with Gasteiger partial charge in [0.15, 0.2) is 12.0 Å². The summed E-state index contributed by atoms with van der Waals surface area (Å²) in [5, 5.41) is 13.5. The van der Waals surface area contributed by atoms with Gasteiger partial charge < -0.3 is 25.1 Å². The van der Waals surface area contributed by atoms with Crippen molar-refractivity contribution in [1.82, 2.24) is 29.5 Å². The number of aryl methyl sites for hydroxylation is 1. The Bertz CT molecular complexity index is 1470. The maximum absolute atomic E-state index is 13.1. The Hall–Kier alpha value is -4.19. The van der Waals surface area contributed by atoms with Crippen molar-refractivity contribution in [2.75, 3.05) is 24.8 Å². The fourth-order valence-electron chi connectivity index (χ4n) is 4.18. The van der Waals surface area contributed by atoms with E-state index in [4.69, 9.17) is 9.15 Å². The molecule has 0 aromatic carbocycles. The van der Waals surface area contributed by atoms with Crippen molar-refractivity contribution in [3.8, 4) is 5.88 Å². The average molecular weight is 479 g/mol. The van der Waals surface area contributed by atoms with Gasteiger partial charge >= 0.3 is 0 Å². The third kappa shape index (κ3) is 3.81. The first kappa shape index (κ1) is 22.6. The Kier molecular flexibility index (Phi) is 5.52. The Morgan fingerprint density at radius 2 is 2.20 bits per heavy atom. The first-order chi connectivity index (χ1) is 16.8. The minimum Gasteiger partial charge on any atom is -0.427 e. The molecule has 0 unspecified atom stereocenters. The molecule has 1 aliphatic rings. The second-order valence-corrected chi connectivity index (χ2v) is 8.62. The standard InChI is InChI=1S/C23H26N8O4/c1-13-22(35-12-25-13)30-9-5-6-15(21(30)33)27-17-10-18(24-3)31-19(29-17)14(11-26-31)20(32)28-16-7-8-23(16,2)34-4/h5-6,9-12,16,24H,7-8H2,1-4H3,(H,27,29)(H,28,32)/t16-,23-/m0/s1. The normalized spacial score (nSPS) is 19.4. The number of rotatable bonds is 7. The lowest BCUT2D eigenvalue weighted by molar-refractivity contribution is -0.0828. The molecule has 0 saturated heterocycles. The van der Waals surface area contributed by atoms with Crippen molar-refractivity contribution < 1.29 is 13.9 Å². The van der Waals surface area contributed by atoms with Crippen LogP contribution in [0.3, 0.4) is 0 Å². The lowest BCUT2D eigenvalue weighted by Crippen LogP contribution is -2.59. The molecule has 5 rings (SSSR count). The van der Waals surface area contributed by atoms with E-state index in [-0.39, 0.29) is 28.8 Å². The van der Waals surface area contributed by atoms with Crippen LogP contribution in [0.1, 0.15) is 35.8 Å². The Morgan fingerprint density at radius 1 is 1.37 bits per heavy atom. The van der Waals surface area contributed by atoms with Gasteiger partial charge in [-0.3, -0.25) is 14.2 Å². The highest BCUT2D eigenvalue weighted by Gasteiger charge is 2.44. The molecule has 1 saturated carbocycles. The van der Waals surface area contributed by atoms with Crippen LogP contribution in [0.15, 0.2) is 46.2 Å². The van der Waals surface area contributed by atoms with Crippen LogP contribution >= 0.6 is 0 Å². The molecular formula is C23H26N8O4. The van der Waals surface area contributed by atoms with E-state index in [0.29, 0.717) is 34.4 Å². The summed E-state index contributed by atoms with van der Waals surface area (Å²) in [6.07, 6.45) is 6.08. The first-order valence-corrected chi connectivity index (χ1v) is 11.2. The Balaban J connectivity index is 1.49. The van der Waals surface area contributed by atoms with Crippen LogP contribution in [0.2, 0.25) is 0 Å². The smallest absolute Gasteiger partial charge is 0.281 e. The molecule has 12 heteroatoms. The predicted molar refractivity (Wildman–Crippen MR) is 129 cm³/mol. The van der Waals surface area contributed by atoms with Crippen LogP contribution in [0, 0.1) is 6.92 Å². The molecule has 1 fully saturated rings. The summed E-state index contributed by atoms with van der Waals surface area (Å²) >= 11 is 0. The number of pyridine rings is 1. The van der Waals surface area contributed by atoms with E-state index in [9.17, 15) is 9.59 Å². The predicted octanol–water partition coefficient (Wildman–Crippen LogP) is 2.26. The summed E-state index contributed by atoms with van der Waals surface area (Å²) < 4.78 is 13.8. The van der Waals surface area contributed by atoms with Crippen LogP contribution < -0.4 is 21.5 Å². The zero-order valence-corrected chi connectivity index (χ0v) is 19.8. The molecule has 1 aliphatic carbocycles. The van der Waals surface area contributed by atoms with Gasteiger partial charge in [-0.25, -0.2) is 9.97 Å². The number of nitrogens with one attached hydrogen (secondary N) is 3. The second-order valence-electron chi connectivity index (χ2n) is 8.62. The average Bonchev–Trinajstić information content (AvgIpc) is 3.48. The molecule has 0 bridgehead atoms. The van der Waals surface area contributed by atoms with Crippen LogP contribution in [0.4, 0.5) is 17.3 Å². The van der Waals surface area contributed by atoms with Crippen LogP contribution in [-0.2, 0) is 4.74 Å². The minimum atomic E-state index is -0.385. The van der Waals surface area contributed by atoms with Gasteiger partial charge in [-0.05, 0) is 38.8 Å². The molecule has 12 nitrogen and oxygen atoms in total. The molecule has 35 heavy (non-hydrogen) atoms. The quantitative estimate of drug-likeness (QED) is 0.365. The maximum atomic E-state index is 13.1. The molecular weight excluding hydrogens is 452 g/mol. The molecule has 0 aliphatic heterocycles. The van der Waals surface area contributed by atoms with Crippen LogP contribution in [0.25, 0.3) is 11.5 Å². The van der Waals surface area contributed by atoms with Crippen molar-refractivity contribution >= 4 is 28.9 Å².